The number of halogens is 2. The van der Waals surface area contributed by atoms with E-state index < -0.39 is 0 Å². The molecule has 0 aromatic carbocycles. The first-order valence-corrected chi connectivity index (χ1v) is 7.11. The fourth-order valence-electron chi connectivity index (χ4n) is 1.96. The van der Waals surface area contributed by atoms with Crippen LogP contribution in [0.2, 0.25) is 0 Å². The highest BCUT2D eigenvalue weighted by Gasteiger charge is 2.41. The van der Waals surface area contributed by atoms with Gasteiger partial charge in [0.25, 0.3) is 0 Å². The van der Waals surface area contributed by atoms with Crippen LogP contribution in [0.15, 0.2) is 15.2 Å². The van der Waals surface area contributed by atoms with Crippen molar-refractivity contribution in [2.45, 2.75) is 31.2 Å². The van der Waals surface area contributed by atoms with Crippen LogP contribution in [-0.4, -0.2) is 17.6 Å². The van der Waals surface area contributed by atoms with Crippen LogP contribution < -0.4 is 0 Å². The Morgan fingerprint density at radius 2 is 2.40 bits per heavy atom. The van der Waals surface area contributed by atoms with E-state index in [-0.39, 0.29) is 11.0 Å². The molecule has 15 heavy (non-hydrogen) atoms. The number of rotatable bonds is 2. The molecule has 0 N–H and O–H groups in total. The highest BCUT2D eigenvalue weighted by Crippen LogP contribution is 2.37. The molecule has 0 spiro atoms. The summed E-state index contributed by atoms with van der Waals surface area (Å²) < 4.78 is 6.93. The van der Waals surface area contributed by atoms with Gasteiger partial charge in [-0.15, -0.1) is 22.9 Å². The largest absolute Gasteiger partial charge is 0.374 e. The Balaban J connectivity index is 2.06. The lowest BCUT2D eigenvalue weighted by molar-refractivity contribution is 0.0365. The number of ether oxygens (including phenoxy) is 1. The molecule has 4 heteroatoms. The molecule has 84 valence electrons. The molecule has 0 aliphatic carbocycles. The van der Waals surface area contributed by atoms with Gasteiger partial charge in [0.15, 0.2) is 0 Å². The average molecular weight is 310 g/mol. The minimum atomic E-state index is -0.186. The van der Waals surface area contributed by atoms with Crippen molar-refractivity contribution >= 4 is 38.9 Å². The van der Waals surface area contributed by atoms with Crippen LogP contribution in [0, 0.1) is 5.92 Å². The lowest BCUT2D eigenvalue weighted by Crippen LogP contribution is -2.31. The lowest BCUT2D eigenvalue weighted by atomic mass is 9.92. The van der Waals surface area contributed by atoms with E-state index in [1.54, 1.807) is 11.3 Å². The summed E-state index contributed by atoms with van der Waals surface area (Å²) >= 11 is 11.7. The predicted molar refractivity (Wildman–Crippen MR) is 68.9 cm³/mol. The van der Waals surface area contributed by atoms with Crippen molar-refractivity contribution in [1.29, 1.82) is 0 Å². The first-order chi connectivity index (χ1) is 7.00. The third kappa shape index (κ3) is 2.41. The zero-order chi connectivity index (χ0) is 11.1. The second-order valence-electron chi connectivity index (χ2n) is 4.50. The van der Waals surface area contributed by atoms with Crippen LogP contribution in [0.25, 0.3) is 0 Å². The van der Waals surface area contributed by atoms with Crippen LogP contribution in [0.5, 0.6) is 0 Å². The summed E-state index contributed by atoms with van der Waals surface area (Å²) in [5, 5.41) is 2.20. The van der Waals surface area contributed by atoms with Gasteiger partial charge >= 0.3 is 0 Å². The lowest BCUT2D eigenvalue weighted by Gasteiger charge is -2.22. The summed E-state index contributed by atoms with van der Waals surface area (Å²) in [6, 6.07) is 2.16. The molecule has 1 saturated heterocycles. The Bertz CT molecular complexity index is 350. The average Bonchev–Trinajstić information content (AvgIpc) is 2.66. The molecular formula is C11H14BrClOS. The molecule has 1 aliphatic heterocycles. The van der Waals surface area contributed by atoms with E-state index in [1.165, 1.54) is 9.35 Å². The molecule has 2 heterocycles. The van der Waals surface area contributed by atoms with Crippen molar-refractivity contribution < 1.29 is 4.74 Å². The predicted octanol–water partition coefficient (Wildman–Crippen LogP) is 4.09. The summed E-state index contributed by atoms with van der Waals surface area (Å²) in [5.74, 6) is 0.424. The van der Waals surface area contributed by atoms with Crippen molar-refractivity contribution in [2.24, 2.45) is 5.92 Å². The Morgan fingerprint density at radius 1 is 1.67 bits per heavy atom. The summed E-state index contributed by atoms with van der Waals surface area (Å²) in [6.45, 7) is 4.89. The molecule has 0 saturated carbocycles. The molecule has 1 aromatic heterocycles. The van der Waals surface area contributed by atoms with E-state index in [0.29, 0.717) is 5.92 Å². The van der Waals surface area contributed by atoms with Crippen LogP contribution in [-0.2, 0) is 11.2 Å². The first kappa shape index (κ1) is 11.9. The van der Waals surface area contributed by atoms with Gasteiger partial charge < -0.3 is 4.74 Å². The fraction of sp³-hybridized carbons (Fsp3) is 0.636. The van der Waals surface area contributed by atoms with Crippen molar-refractivity contribution in [3.8, 4) is 0 Å². The van der Waals surface area contributed by atoms with E-state index in [1.807, 2.05) is 0 Å². The molecule has 2 atom stereocenters. The standard InChI is InChI=1S/C11H14BrClOS/c1-11(2)9(13)8(6-14-11)5-7-3-4-15-10(7)12/h3-4,8-9H,5-6H2,1-2H3. The molecule has 2 unspecified atom stereocenters. The molecular weight excluding hydrogens is 296 g/mol. The third-order valence-electron chi connectivity index (χ3n) is 2.92. The zero-order valence-corrected chi connectivity index (χ0v) is 12.0. The van der Waals surface area contributed by atoms with E-state index >= 15 is 0 Å². The fourth-order valence-corrected chi connectivity index (χ4v) is 3.46. The third-order valence-corrected chi connectivity index (χ3v) is 5.62. The molecule has 1 fully saturated rings. The van der Waals surface area contributed by atoms with Gasteiger partial charge in [-0.2, -0.15) is 0 Å². The number of hydrogen-bond donors (Lipinski definition) is 0. The molecule has 1 nitrogen and oxygen atoms in total. The van der Waals surface area contributed by atoms with Crippen molar-refractivity contribution in [3.63, 3.8) is 0 Å². The molecule has 1 aromatic rings. The number of hydrogen-bond acceptors (Lipinski definition) is 2. The van der Waals surface area contributed by atoms with Gasteiger partial charge in [-0.1, -0.05) is 0 Å². The molecule has 2 rings (SSSR count). The highest BCUT2D eigenvalue weighted by atomic mass is 79.9. The van der Waals surface area contributed by atoms with Crippen LogP contribution in [0.4, 0.5) is 0 Å². The van der Waals surface area contributed by atoms with Crippen LogP contribution >= 0.6 is 38.9 Å². The SMILES string of the molecule is CC1(C)OCC(Cc2ccsc2Br)C1Cl. The maximum Gasteiger partial charge on any atom is 0.0793 e. The zero-order valence-electron chi connectivity index (χ0n) is 8.80. The Hall–Kier alpha value is 0.430. The Kier molecular flexibility index (Phi) is 3.46. The molecule has 1 aliphatic rings. The van der Waals surface area contributed by atoms with Gasteiger partial charge in [-0.05, 0) is 53.2 Å². The minimum absolute atomic E-state index is 0.101. The van der Waals surface area contributed by atoms with Gasteiger partial charge in [-0.3, -0.25) is 0 Å². The number of thiophene rings is 1. The van der Waals surface area contributed by atoms with Gasteiger partial charge in [-0.25, -0.2) is 0 Å². The maximum absolute atomic E-state index is 6.40. The minimum Gasteiger partial charge on any atom is -0.374 e. The highest BCUT2D eigenvalue weighted by molar-refractivity contribution is 9.11. The topological polar surface area (TPSA) is 9.23 Å². The summed E-state index contributed by atoms with van der Waals surface area (Å²) in [7, 11) is 0. The van der Waals surface area contributed by atoms with Gasteiger partial charge in [0.1, 0.15) is 0 Å². The van der Waals surface area contributed by atoms with E-state index in [9.17, 15) is 0 Å². The van der Waals surface area contributed by atoms with Gasteiger partial charge in [0, 0.05) is 5.92 Å². The summed E-state index contributed by atoms with van der Waals surface area (Å²) in [4.78, 5) is 0. The van der Waals surface area contributed by atoms with Crippen molar-refractivity contribution in [3.05, 3.63) is 20.8 Å². The number of alkyl halides is 1. The van der Waals surface area contributed by atoms with E-state index in [0.717, 1.165) is 13.0 Å². The van der Waals surface area contributed by atoms with E-state index in [2.05, 4.69) is 41.2 Å². The van der Waals surface area contributed by atoms with Crippen molar-refractivity contribution in [2.75, 3.05) is 6.61 Å². The second-order valence-corrected chi connectivity index (χ2v) is 7.20. The van der Waals surface area contributed by atoms with Crippen molar-refractivity contribution in [1.82, 2.24) is 0 Å². The normalized spacial score (nSPS) is 29.6. The first-order valence-electron chi connectivity index (χ1n) is 5.00. The van der Waals surface area contributed by atoms with Gasteiger partial charge in [0.05, 0.1) is 21.4 Å². The monoisotopic (exact) mass is 308 g/mol. The molecule has 0 bridgehead atoms. The molecule has 0 radical (unpaired) electrons. The van der Waals surface area contributed by atoms with Crippen LogP contribution in [0.1, 0.15) is 19.4 Å². The summed E-state index contributed by atoms with van der Waals surface area (Å²) in [6.07, 6.45) is 1.00. The molecule has 0 amide bonds. The van der Waals surface area contributed by atoms with Crippen LogP contribution in [0.3, 0.4) is 0 Å². The summed E-state index contributed by atoms with van der Waals surface area (Å²) in [5.41, 5.74) is 1.16. The maximum atomic E-state index is 6.40. The Labute approximate surface area is 108 Å². The second kappa shape index (κ2) is 4.36. The van der Waals surface area contributed by atoms with Gasteiger partial charge in [0.2, 0.25) is 0 Å². The van der Waals surface area contributed by atoms with E-state index in [4.69, 9.17) is 16.3 Å². The smallest absolute Gasteiger partial charge is 0.0793 e. The Morgan fingerprint density at radius 3 is 2.87 bits per heavy atom. The quantitative estimate of drug-likeness (QED) is 0.748.